The van der Waals surface area contributed by atoms with Crippen molar-refractivity contribution in [2.24, 2.45) is 5.92 Å². The number of imide groups is 1. The number of hydrogen-bond donors (Lipinski definition) is 1. The van der Waals surface area contributed by atoms with Crippen LogP contribution in [-0.2, 0) is 4.79 Å². The third-order valence-electron chi connectivity index (χ3n) is 3.60. The van der Waals surface area contributed by atoms with Gasteiger partial charge in [-0.25, -0.2) is 4.79 Å². The number of carbonyl (C=O) groups is 2. The molecule has 1 aromatic carbocycles. The van der Waals surface area contributed by atoms with Crippen molar-refractivity contribution in [1.82, 2.24) is 10.2 Å². The molecule has 0 bridgehead atoms. The van der Waals surface area contributed by atoms with Crippen LogP contribution in [0.5, 0.6) is 5.75 Å². The number of urea groups is 1. The standard InChI is InChI=1S/C17H24N2O3/c1-12(2)10-15-16(20)19(17(21)18-15)8-5-9-22-14-7-4-6-13(3)11-14/h4,6-7,11-12,15H,5,8-10H2,1-3H3,(H,18,21)/t15-/m1/s1. The van der Waals surface area contributed by atoms with Crippen LogP contribution in [0.15, 0.2) is 24.3 Å². The van der Waals surface area contributed by atoms with Crippen LogP contribution < -0.4 is 10.1 Å². The predicted octanol–water partition coefficient (Wildman–Crippen LogP) is 2.73. The van der Waals surface area contributed by atoms with Gasteiger partial charge in [0.05, 0.1) is 6.61 Å². The summed E-state index contributed by atoms with van der Waals surface area (Å²) in [7, 11) is 0. The summed E-state index contributed by atoms with van der Waals surface area (Å²) in [5.74, 6) is 1.07. The van der Waals surface area contributed by atoms with Gasteiger partial charge in [0.1, 0.15) is 11.8 Å². The molecule has 22 heavy (non-hydrogen) atoms. The molecule has 1 atom stereocenters. The van der Waals surface area contributed by atoms with Gasteiger partial charge in [-0.15, -0.1) is 0 Å². The Hall–Kier alpha value is -2.04. The molecule has 1 N–H and O–H groups in total. The van der Waals surface area contributed by atoms with Crippen LogP contribution >= 0.6 is 0 Å². The zero-order valence-corrected chi connectivity index (χ0v) is 13.5. The first kappa shape index (κ1) is 16.3. The van der Waals surface area contributed by atoms with E-state index in [0.29, 0.717) is 31.9 Å². The average molecular weight is 304 g/mol. The molecule has 0 unspecified atom stereocenters. The lowest BCUT2D eigenvalue weighted by molar-refractivity contribution is -0.127. The van der Waals surface area contributed by atoms with Gasteiger partial charge in [0.2, 0.25) is 0 Å². The smallest absolute Gasteiger partial charge is 0.324 e. The Morgan fingerprint density at radius 3 is 2.77 bits per heavy atom. The summed E-state index contributed by atoms with van der Waals surface area (Å²) < 4.78 is 5.64. The zero-order valence-electron chi connectivity index (χ0n) is 13.5. The van der Waals surface area contributed by atoms with E-state index < -0.39 is 0 Å². The average Bonchev–Trinajstić information content (AvgIpc) is 2.70. The van der Waals surface area contributed by atoms with Gasteiger partial charge in [-0.2, -0.15) is 0 Å². The van der Waals surface area contributed by atoms with E-state index in [1.807, 2.05) is 45.0 Å². The molecule has 5 heteroatoms. The van der Waals surface area contributed by atoms with E-state index in [-0.39, 0.29) is 18.0 Å². The first-order valence-electron chi connectivity index (χ1n) is 7.78. The minimum absolute atomic E-state index is 0.116. The van der Waals surface area contributed by atoms with Gasteiger partial charge in [0.25, 0.3) is 5.91 Å². The molecule has 2 rings (SSSR count). The highest BCUT2D eigenvalue weighted by molar-refractivity contribution is 6.04. The van der Waals surface area contributed by atoms with E-state index in [9.17, 15) is 9.59 Å². The highest BCUT2D eigenvalue weighted by atomic mass is 16.5. The van der Waals surface area contributed by atoms with Crippen LogP contribution in [-0.4, -0.2) is 36.0 Å². The predicted molar refractivity (Wildman–Crippen MR) is 84.8 cm³/mol. The number of nitrogens with zero attached hydrogens (tertiary/aromatic N) is 1. The number of carbonyl (C=O) groups excluding carboxylic acids is 2. The fourth-order valence-electron chi connectivity index (χ4n) is 2.54. The molecule has 1 aliphatic heterocycles. The minimum Gasteiger partial charge on any atom is -0.494 e. The van der Waals surface area contributed by atoms with Crippen molar-refractivity contribution < 1.29 is 14.3 Å². The highest BCUT2D eigenvalue weighted by Gasteiger charge is 2.37. The number of ether oxygens (including phenoxy) is 1. The van der Waals surface area contributed by atoms with Crippen molar-refractivity contribution in [1.29, 1.82) is 0 Å². The molecule has 5 nitrogen and oxygen atoms in total. The Bertz CT molecular complexity index is 542. The molecule has 1 fully saturated rings. The maximum Gasteiger partial charge on any atom is 0.324 e. The quantitative estimate of drug-likeness (QED) is 0.622. The molecular weight excluding hydrogens is 280 g/mol. The van der Waals surface area contributed by atoms with Crippen molar-refractivity contribution >= 4 is 11.9 Å². The third kappa shape index (κ3) is 4.23. The third-order valence-corrected chi connectivity index (χ3v) is 3.60. The molecular formula is C17H24N2O3. The largest absolute Gasteiger partial charge is 0.494 e. The zero-order chi connectivity index (χ0) is 16.1. The van der Waals surface area contributed by atoms with Crippen LogP contribution in [0.1, 0.15) is 32.3 Å². The fraction of sp³-hybridized carbons (Fsp3) is 0.529. The fourth-order valence-corrected chi connectivity index (χ4v) is 2.54. The van der Waals surface area contributed by atoms with Gasteiger partial charge < -0.3 is 10.1 Å². The molecule has 1 saturated heterocycles. The normalized spacial score (nSPS) is 18.0. The second kappa shape index (κ2) is 7.29. The Balaban J connectivity index is 1.77. The van der Waals surface area contributed by atoms with E-state index in [2.05, 4.69) is 5.32 Å². The van der Waals surface area contributed by atoms with Gasteiger partial charge in [0, 0.05) is 6.54 Å². The lowest BCUT2D eigenvalue weighted by Crippen LogP contribution is -2.33. The molecule has 1 aliphatic rings. The van der Waals surface area contributed by atoms with E-state index in [0.717, 1.165) is 11.3 Å². The summed E-state index contributed by atoms with van der Waals surface area (Å²) in [4.78, 5) is 25.3. The molecule has 0 spiro atoms. The van der Waals surface area contributed by atoms with Gasteiger partial charge in [-0.3, -0.25) is 9.69 Å². The molecule has 0 aliphatic carbocycles. The minimum atomic E-state index is -0.370. The SMILES string of the molecule is Cc1cccc(OCCCN2C(=O)N[C@H](CC(C)C)C2=O)c1. The van der Waals surface area contributed by atoms with Crippen molar-refractivity contribution in [3.8, 4) is 5.75 Å². The van der Waals surface area contributed by atoms with Crippen LogP contribution in [0.25, 0.3) is 0 Å². The molecule has 1 heterocycles. The Labute approximate surface area is 131 Å². The second-order valence-corrected chi connectivity index (χ2v) is 6.14. The van der Waals surface area contributed by atoms with E-state index in [4.69, 9.17) is 4.74 Å². The summed E-state index contributed by atoms with van der Waals surface area (Å²) in [6.45, 7) is 6.96. The van der Waals surface area contributed by atoms with Crippen LogP contribution in [0.2, 0.25) is 0 Å². The van der Waals surface area contributed by atoms with Gasteiger partial charge >= 0.3 is 6.03 Å². The molecule has 0 aromatic heterocycles. The van der Waals surface area contributed by atoms with Crippen molar-refractivity contribution in [2.75, 3.05) is 13.2 Å². The van der Waals surface area contributed by atoms with Crippen molar-refractivity contribution in [3.63, 3.8) is 0 Å². The number of hydrogen-bond acceptors (Lipinski definition) is 3. The number of amides is 3. The number of rotatable bonds is 7. The van der Waals surface area contributed by atoms with E-state index in [1.54, 1.807) is 0 Å². The van der Waals surface area contributed by atoms with Crippen molar-refractivity contribution in [2.45, 2.75) is 39.7 Å². The Morgan fingerprint density at radius 1 is 1.32 bits per heavy atom. The Kier molecular flexibility index (Phi) is 5.41. The van der Waals surface area contributed by atoms with Gasteiger partial charge in [-0.1, -0.05) is 26.0 Å². The first-order chi connectivity index (χ1) is 10.5. The van der Waals surface area contributed by atoms with E-state index in [1.165, 1.54) is 4.90 Å². The summed E-state index contributed by atoms with van der Waals surface area (Å²) in [5, 5.41) is 2.75. The summed E-state index contributed by atoms with van der Waals surface area (Å²) in [6, 6.07) is 7.16. The second-order valence-electron chi connectivity index (χ2n) is 6.14. The number of nitrogens with one attached hydrogen (secondary N) is 1. The van der Waals surface area contributed by atoms with Crippen molar-refractivity contribution in [3.05, 3.63) is 29.8 Å². The maximum atomic E-state index is 12.2. The van der Waals surface area contributed by atoms with E-state index >= 15 is 0 Å². The summed E-state index contributed by atoms with van der Waals surface area (Å²) in [5.41, 5.74) is 1.14. The summed E-state index contributed by atoms with van der Waals surface area (Å²) in [6.07, 6.45) is 1.31. The van der Waals surface area contributed by atoms with Crippen LogP contribution in [0, 0.1) is 12.8 Å². The molecule has 1 aromatic rings. The molecule has 0 radical (unpaired) electrons. The molecule has 120 valence electrons. The Morgan fingerprint density at radius 2 is 2.09 bits per heavy atom. The topological polar surface area (TPSA) is 58.6 Å². The molecule has 3 amide bonds. The first-order valence-corrected chi connectivity index (χ1v) is 7.78. The lowest BCUT2D eigenvalue weighted by atomic mass is 10.0. The monoisotopic (exact) mass is 304 g/mol. The molecule has 0 saturated carbocycles. The van der Waals surface area contributed by atoms with Gasteiger partial charge in [-0.05, 0) is 43.4 Å². The van der Waals surface area contributed by atoms with Crippen LogP contribution in [0.3, 0.4) is 0 Å². The highest BCUT2D eigenvalue weighted by Crippen LogP contribution is 2.15. The summed E-state index contributed by atoms with van der Waals surface area (Å²) >= 11 is 0. The number of aryl methyl sites for hydroxylation is 1. The van der Waals surface area contributed by atoms with Crippen LogP contribution in [0.4, 0.5) is 4.79 Å². The van der Waals surface area contributed by atoms with Gasteiger partial charge in [0.15, 0.2) is 0 Å². The number of benzene rings is 1. The lowest BCUT2D eigenvalue weighted by Gasteiger charge is -2.14. The maximum absolute atomic E-state index is 12.2.